The molecule has 2 heterocycles. The second-order valence-corrected chi connectivity index (χ2v) is 7.30. The molecule has 0 spiro atoms. The molecule has 0 aliphatic carbocycles. The highest BCUT2D eigenvalue weighted by molar-refractivity contribution is 7.23. The standard InChI is InChI=1S/C14H15ClN2O3S2/c1-3-8(2)17(6-12(18)19)14(20)9-7-21-13(16-9)10-4-5-11(15)22-10/h4-5,7-8H,3,6H2,1-2H3,(H,18,19). The minimum absolute atomic E-state index is 0.162. The summed E-state index contributed by atoms with van der Waals surface area (Å²) in [7, 11) is 0. The number of halogens is 1. The van der Waals surface area contributed by atoms with Crippen molar-refractivity contribution in [2.45, 2.75) is 26.3 Å². The van der Waals surface area contributed by atoms with Crippen molar-refractivity contribution in [3.63, 3.8) is 0 Å². The summed E-state index contributed by atoms with van der Waals surface area (Å²) >= 11 is 8.64. The third-order valence-electron chi connectivity index (χ3n) is 3.20. The lowest BCUT2D eigenvalue weighted by Crippen LogP contribution is -2.42. The lowest BCUT2D eigenvalue weighted by Gasteiger charge is -2.26. The predicted octanol–water partition coefficient (Wildman–Crippen LogP) is 3.85. The molecule has 5 nitrogen and oxygen atoms in total. The maximum absolute atomic E-state index is 12.5. The van der Waals surface area contributed by atoms with Gasteiger partial charge in [0.15, 0.2) is 0 Å². The molecule has 2 aromatic heterocycles. The summed E-state index contributed by atoms with van der Waals surface area (Å²) in [5.74, 6) is -1.39. The van der Waals surface area contributed by atoms with Gasteiger partial charge in [-0.3, -0.25) is 9.59 Å². The van der Waals surface area contributed by atoms with Gasteiger partial charge in [0.05, 0.1) is 9.21 Å². The van der Waals surface area contributed by atoms with E-state index >= 15 is 0 Å². The second-order valence-electron chi connectivity index (χ2n) is 4.73. The smallest absolute Gasteiger partial charge is 0.323 e. The maximum atomic E-state index is 12.5. The summed E-state index contributed by atoms with van der Waals surface area (Å²) in [5, 5.41) is 11.3. The predicted molar refractivity (Wildman–Crippen MR) is 88.9 cm³/mol. The summed E-state index contributed by atoms with van der Waals surface area (Å²) in [6, 6.07) is 3.47. The highest BCUT2D eigenvalue weighted by Crippen LogP contribution is 2.33. The van der Waals surface area contributed by atoms with E-state index in [9.17, 15) is 9.59 Å². The van der Waals surface area contributed by atoms with Gasteiger partial charge >= 0.3 is 5.97 Å². The van der Waals surface area contributed by atoms with E-state index in [1.807, 2.05) is 19.9 Å². The van der Waals surface area contributed by atoms with E-state index in [-0.39, 0.29) is 24.2 Å². The Kier molecular flexibility index (Phi) is 5.55. The number of carbonyl (C=O) groups is 2. The average Bonchev–Trinajstić information content (AvgIpc) is 3.11. The Morgan fingerprint density at radius 3 is 2.73 bits per heavy atom. The molecule has 0 saturated heterocycles. The molecule has 0 bridgehead atoms. The van der Waals surface area contributed by atoms with E-state index in [2.05, 4.69) is 4.98 Å². The van der Waals surface area contributed by atoms with Crippen LogP contribution in [0.1, 0.15) is 30.8 Å². The number of thiazole rings is 1. The van der Waals surface area contributed by atoms with Crippen LogP contribution in [0.4, 0.5) is 0 Å². The van der Waals surface area contributed by atoms with Crippen LogP contribution in [-0.2, 0) is 4.79 Å². The summed E-state index contributed by atoms with van der Waals surface area (Å²) in [6.07, 6.45) is 0.677. The number of carboxylic acids is 1. The molecule has 0 saturated carbocycles. The highest BCUT2D eigenvalue weighted by Gasteiger charge is 2.25. The molecule has 0 fully saturated rings. The van der Waals surface area contributed by atoms with Gasteiger partial charge < -0.3 is 10.0 Å². The fourth-order valence-corrected chi connectivity index (χ4v) is 3.76. The van der Waals surface area contributed by atoms with Crippen LogP contribution < -0.4 is 0 Å². The van der Waals surface area contributed by atoms with Crippen molar-refractivity contribution in [2.75, 3.05) is 6.54 Å². The molecule has 1 amide bonds. The molecule has 1 unspecified atom stereocenters. The van der Waals surface area contributed by atoms with Gasteiger partial charge in [-0.2, -0.15) is 0 Å². The summed E-state index contributed by atoms with van der Waals surface area (Å²) in [4.78, 5) is 30.0. The number of nitrogens with zero attached hydrogens (tertiary/aromatic N) is 2. The normalized spacial score (nSPS) is 12.1. The van der Waals surface area contributed by atoms with Crippen LogP contribution in [0.15, 0.2) is 17.5 Å². The monoisotopic (exact) mass is 358 g/mol. The van der Waals surface area contributed by atoms with Crippen molar-refractivity contribution in [1.82, 2.24) is 9.88 Å². The first-order valence-corrected chi connectivity index (χ1v) is 8.73. The molecule has 0 aliphatic heterocycles. The lowest BCUT2D eigenvalue weighted by atomic mass is 10.2. The Balaban J connectivity index is 2.24. The maximum Gasteiger partial charge on any atom is 0.323 e. The number of hydrogen-bond acceptors (Lipinski definition) is 5. The van der Waals surface area contributed by atoms with Crippen LogP contribution in [0.2, 0.25) is 4.34 Å². The molecule has 2 rings (SSSR count). The van der Waals surface area contributed by atoms with Gasteiger partial charge in [-0.25, -0.2) is 4.98 Å². The Hall–Kier alpha value is -1.44. The number of amides is 1. The van der Waals surface area contributed by atoms with Crippen LogP contribution in [0.25, 0.3) is 9.88 Å². The number of carboxylic acid groups (broad SMARTS) is 1. The first kappa shape index (κ1) is 16.9. The van der Waals surface area contributed by atoms with Crippen molar-refractivity contribution in [2.24, 2.45) is 0 Å². The van der Waals surface area contributed by atoms with Gasteiger partial charge in [-0.05, 0) is 25.5 Å². The van der Waals surface area contributed by atoms with Crippen molar-refractivity contribution in [3.05, 3.63) is 27.5 Å². The Labute approximate surface area is 141 Å². The summed E-state index contributed by atoms with van der Waals surface area (Å²) in [5.41, 5.74) is 0.270. The van der Waals surface area contributed by atoms with E-state index in [4.69, 9.17) is 16.7 Å². The minimum atomic E-state index is -1.03. The topological polar surface area (TPSA) is 70.5 Å². The zero-order valence-electron chi connectivity index (χ0n) is 12.1. The van der Waals surface area contributed by atoms with Crippen molar-refractivity contribution in [3.8, 4) is 9.88 Å². The van der Waals surface area contributed by atoms with Gasteiger partial charge in [0, 0.05) is 11.4 Å². The molecule has 0 aromatic carbocycles. The second kappa shape index (κ2) is 7.21. The minimum Gasteiger partial charge on any atom is -0.480 e. The molecule has 0 radical (unpaired) electrons. The molecule has 1 N–H and O–H groups in total. The van der Waals surface area contributed by atoms with Gasteiger partial charge in [-0.15, -0.1) is 22.7 Å². The van der Waals surface area contributed by atoms with Crippen LogP contribution in [0, 0.1) is 0 Å². The van der Waals surface area contributed by atoms with Crippen LogP contribution in [0.5, 0.6) is 0 Å². The SMILES string of the molecule is CCC(C)N(CC(=O)O)C(=O)c1csc(-c2ccc(Cl)s2)n1. The van der Waals surface area contributed by atoms with E-state index in [0.29, 0.717) is 15.8 Å². The third-order valence-corrected chi connectivity index (χ3v) is 5.44. The molecule has 0 aliphatic rings. The zero-order valence-corrected chi connectivity index (χ0v) is 14.5. The molecule has 2 aromatic rings. The average molecular weight is 359 g/mol. The molecule has 22 heavy (non-hydrogen) atoms. The molecule has 1 atom stereocenters. The van der Waals surface area contributed by atoms with Gasteiger partial charge in [0.1, 0.15) is 17.2 Å². The number of aromatic nitrogens is 1. The fourth-order valence-electron chi connectivity index (χ4n) is 1.86. The first-order valence-electron chi connectivity index (χ1n) is 6.66. The Bertz CT molecular complexity index is 683. The molecule has 118 valence electrons. The van der Waals surface area contributed by atoms with Gasteiger partial charge in [0.2, 0.25) is 0 Å². The third kappa shape index (κ3) is 3.85. The summed E-state index contributed by atoms with van der Waals surface area (Å²) < 4.78 is 0.658. The summed E-state index contributed by atoms with van der Waals surface area (Å²) in [6.45, 7) is 3.41. The number of aliphatic carboxylic acids is 1. The zero-order chi connectivity index (χ0) is 16.3. The lowest BCUT2D eigenvalue weighted by molar-refractivity contribution is -0.138. The van der Waals surface area contributed by atoms with E-state index in [0.717, 1.165) is 4.88 Å². The van der Waals surface area contributed by atoms with Crippen LogP contribution in [0.3, 0.4) is 0 Å². The number of hydrogen-bond donors (Lipinski definition) is 1. The molecular formula is C14H15ClN2O3S2. The van der Waals surface area contributed by atoms with Crippen molar-refractivity contribution in [1.29, 1.82) is 0 Å². The number of rotatable bonds is 6. The largest absolute Gasteiger partial charge is 0.480 e. The quantitative estimate of drug-likeness (QED) is 0.851. The van der Waals surface area contributed by atoms with Crippen molar-refractivity contribution < 1.29 is 14.7 Å². The Morgan fingerprint density at radius 1 is 1.45 bits per heavy atom. The van der Waals surface area contributed by atoms with E-state index in [1.54, 1.807) is 11.4 Å². The Morgan fingerprint density at radius 2 is 2.18 bits per heavy atom. The fraction of sp³-hybridized carbons (Fsp3) is 0.357. The van der Waals surface area contributed by atoms with Gasteiger partial charge in [-0.1, -0.05) is 18.5 Å². The van der Waals surface area contributed by atoms with E-state index in [1.165, 1.54) is 27.6 Å². The number of carbonyl (C=O) groups excluding carboxylic acids is 1. The van der Waals surface area contributed by atoms with Gasteiger partial charge in [0.25, 0.3) is 5.91 Å². The molecular weight excluding hydrogens is 344 g/mol. The van der Waals surface area contributed by atoms with Crippen LogP contribution >= 0.6 is 34.3 Å². The van der Waals surface area contributed by atoms with Crippen molar-refractivity contribution >= 4 is 46.2 Å². The first-order chi connectivity index (χ1) is 10.4. The highest BCUT2D eigenvalue weighted by atomic mass is 35.5. The van der Waals surface area contributed by atoms with Crippen LogP contribution in [-0.4, -0.2) is 39.5 Å². The number of thiophene rings is 1. The molecule has 8 heteroatoms. The van der Waals surface area contributed by atoms with E-state index < -0.39 is 5.97 Å².